The quantitative estimate of drug-likeness (QED) is 0.178. The van der Waals surface area contributed by atoms with Gasteiger partial charge in [0.15, 0.2) is 5.60 Å². The smallest absolute Gasteiger partial charge is 0.217 e. The van der Waals surface area contributed by atoms with Crippen molar-refractivity contribution in [3.63, 3.8) is 0 Å². The lowest BCUT2D eigenvalue weighted by atomic mass is 9.69. The highest BCUT2D eigenvalue weighted by molar-refractivity contribution is 5.98. The van der Waals surface area contributed by atoms with Crippen LogP contribution in [0.4, 0.5) is 17.2 Å². The largest absolute Gasteiger partial charge is 0.464 e. The van der Waals surface area contributed by atoms with Crippen LogP contribution in [0, 0.1) is 0 Å². The van der Waals surface area contributed by atoms with Crippen LogP contribution < -0.4 is 9.64 Å². The third-order valence-electron chi connectivity index (χ3n) is 12.9. The predicted octanol–water partition coefficient (Wildman–Crippen LogP) is 12.7. The van der Waals surface area contributed by atoms with Gasteiger partial charge < -0.3 is 9.47 Å². The molecule has 0 radical (unpaired) electrons. The minimum Gasteiger partial charge on any atom is -0.464 e. The van der Waals surface area contributed by atoms with Crippen molar-refractivity contribution in [2.24, 2.45) is 4.99 Å². The molecular weight excluding hydrogens is 675 g/mol. The highest BCUT2D eigenvalue weighted by Crippen LogP contribution is 2.62. The van der Waals surface area contributed by atoms with E-state index in [2.05, 4.69) is 189 Å². The molecule has 5 nitrogen and oxygen atoms in total. The topological polar surface area (TPSA) is 47.0 Å². The number of hydrogen-bond acceptors (Lipinski definition) is 5. The number of pyridine rings is 1. The van der Waals surface area contributed by atoms with E-state index in [1.807, 2.05) is 12.3 Å². The van der Waals surface area contributed by atoms with Crippen LogP contribution >= 0.6 is 0 Å². The molecule has 1 aliphatic carbocycles. The van der Waals surface area contributed by atoms with E-state index in [-0.39, 0.29) is 16.2 Å². The Labute approximate surface area is 325 Å². The van der Waals surface area contributed by atoms with Crippen LogP contribution in [0.3, 0.4) is 0 Å². The normalized spacial score (nSPS) is 21.5. The lowest BCUT2D eigenvalue weighted by molar-refractivity contribution is 0.0192. The fraction of sp³-hybridized carbons (Fsp3) is 0.280. The van der Waals surface area contributed by atoms with Gasteiger partial charge in [-0.15, -0.1) is 0 Å². The van der Waals surface area contributed by atoms with Crippen LogP contribution in [0.5, 0.6) is 11.5 Å². The summed E-state index contributed by atoms with van der Waals surface area (Å²) in [5.41, 5.74) is 9.75. The lowest BCUT2D eigenvalue weighted by Crippen LogP contribution is -2.49. The Bertz CT molecular complexity index is 2530. The molecule has 55 heavy (non-hydrogen) atoms. The average molecular weight is 724 g/mol. The maximum Gasteiger partial charge on any atom is 0.217 e. The zero-order valence-corrected chi connectivity index (χ0v) is 33.4. The van der Waals surface area contributed by atoms with Crippen LogP contribution in [-0.2, 0) is 26.6 Å². The predicted molar refractivity (Wildman–Crippen MR) is 225 cm³/mol. The van der Waals surface area contributed by atoms with Crippen LogP contribution in [0.1, 0.15) is 95.7 Å². The number of ether oxygens (including phenoxy) is 2. The maximum atomic E-state index is 7.03. The zero-order chi connectivity index (χ0) is 38.5. The second-order valence-corrected chi connectivity index (χ2v) is 17.8. The standard InChI is InChI=1S/C50H49N3O2/c1-46(2,3)35-25-26-51-44(30-35)53-42-22-16-15-21-40(42)47(4,5)41-24-23-36(31-43(41)53)54-37-28-33(32-17-11-10-12-18-32)27-34(29-37)45-52-50(9)48(6,7)38-19-13-14-20-39(38)49(50,8)55-45/h10-31H,1-9H3/t49-,50+/m0/s1. The number of para-hydroxylation sites is 1. The molecule has 0 spiro atoms. The van der Waals surface area contributed by atoms with Gasteiger partial charge in [0.1, 0.15) is 22.9 Å². The summed E-state index contributed by atoms with van der Waals surface area (Å²) in [6, 6.07) is 44.9. The fourth-order valence-electron chi connectivity index (χ4n) is 9.24. The molecule has 2 atom stereocenters. The number of benzene rings is 5. The van der Waals surface area contributed by atoms with E-state index in [0.717, 1.165) is 39.6 Å². The summed E-state index contributed by atoms with van der Waals surface area (Å²) in [5, 5.41) is 0. The Hall–Kier alpha value is -5.68. The molecule has 3 heterocycles. The van der Waals surface area contributed by atoms with Gasteiger partial charge >= 0.3 is 0 Å². The highest BCUT2D eigenvalue weighted by atomic mass is 16.5. The van der Waals surface area contributed by atoms with Crippen molar-refractivity contribution in [3.05, 3.63) is 167 Å². The van der Waals surface area contributed by atoms with Crippen LogP contribution in [0.25, 0.3) is 11.1 Å². The second-order valence-electron chi connectivity index (χ2n) is 17.8. The Morgan fingerprint density at radius 1 is 0.582 bits per heavy atom. The molecule has 5 heteroatoms. The Morgan fingerprint density at radius 3 is 1.98 bits per heavy atom. The van der Waals surface area contributed by atoms with Crippen molar-refractivity contribution in [2.45, 2.75) is 89.7 Å². The SMILES string of the molecule is CC(C)(C)c1ccnc(N2c3ccccc3C(C)(C)c3ccc(Oc4cc(C5=N[C@]6(C)C(C)(C)c7ccccc7[C@]6(C)O5)cc(-c5ccccc5)c4)cc32)c1. The van der Waals surface area contributed by atoms with Gasteiger partial charge in [-0.2, -0.15) is 0 Å². The van der Waals surface area contributed by atoms with E-state index >= 15 is 0 Å². The van der Waals surface area contributed by atoms with Gasteiger partial charge in [0, 0.05) is 34.2 Å². The number of aliphatic imine (C=N–C) groups is 1. The third kappa shape index (κ3) is 5.19. The molecule has 5 aromatic carbocycles. The molecule has 3 aliphatic rings. The van der Waals surface area contributed by atoms with Gasteiger partial charge in [-0.05, 0) is 95.1 Å². The number of anilines is 3. The first-order valence-electron chi connectivity index (χ1n) is 19.4. The summed E-state index contributed by atoms with van der Waals surface area (Å²) >= 11 is 0. The number of nitrogens with zero attached hydrogens (tertiary/aromatic N) is 3. The van der Waals surface area contributed by atoms with Crippen molar-refractivity contribution in [2.75, 3.05) is 4.90 Å². The fourth-order valence-corrected chi connectivity index (χ4v) is 9.24. The van der Waals surface area contributed by atoms with Crippen molar-refractivity contribution in [3.8, 4) is 22.6 Å². The lowest BCUT2D eigenvalue weighted by Gasteiger charge is -2.41. The monoisotopic (exact) mass is 723 g/mol. The molecule has 0 bridgehead atoms. The minimum atomic E-state index is -0.616. The van der Waals surface area contributed by atoms with Crippen molar-refractivity contribution < 1.29 is 9.47 Å². The van der Waals surface area contributed by atoms with E-state index in [0.29, 0.717) is 11.6 Å². The first-order valence-corrected chi connectivity index (χ1v) is 19.4. The van der Waals surface area contributed by atoms with Crippen LogP contribution in [0.15, 0.2) is 139 Å². The molecular formula is C50H49N3O2. The number of rotatable bonds is 5. The molecule has 276 valence electrons. The van der Waals surface area contributed by atoms with E-state index < -0.39 is 11.1 Å². The highest BCUT2D eigenvalue weighted by Gasteiger charge is 2.67. The second kappa shape index (κ2) is 11.9. The number of fused-ring (bicyclic) bond motifs is 5. The summed E-state index contributed by atoms with van der Waals surface area (Å²) in [5.74, 6) is 2.97. The van der Waals surface area contributed by atoms with Gasteiger partial charge in [-0.1, -0.05) is 127 Å². The van der Waals surface area contributed by atoms with Gasteiger partial charge in [0.25, 0.3) is 0 Å². The average Bonchev–Trinajstić information content (AvgIpc) is 3.53. The molecule has 0 amide bonds. The Balaban J connectivity index is 1.16. The molecule has 0 unspecified atom stereocenters. The maximum absolute atomic E-state index is 7.03. The third-order valence-corrected chi connectivity index (χ3v) is 12.9. The molecule has 0 fully saturated rings. The van der Waals surface area contributed by atoms with Gasteiger partial charge in [-0.3, -0.25) is 4.90 Å². The molecule has 0 saturated heterocycles. The van der Waals surface area contributed by atoms with E-state index in [9.17, 15) is 0 Å². The van der Waals surface area contributed by atoms with Crippen molar-refractivity contribution >= 4 is 23.1 Å². The van der Waals surface area contributed by atoms with Crippen molar-refractivity contribution in [1.82, 2.24) is 4.98 Å². The molecule has 9 rings (SSSR count). The van der Waals surface area contributed by atoms with Gasteiger partial charge in [0.05, 0.1) is 11.4 Å². The first-order chi connectivity index (χ1) is 26.1. The van der Waals surface area contributed by atoms with Crippen LogP contribution in [-0.4, -0.2) is 16.4 Å². The van der Waals surface area contributed by atoms with Gasteiger partial charge in [0.2, 0.25) is 5.90 Å². The zero-order valence-electron chi connectivity index (χ0n) is 33.4. The summed E-state index contributed by atoms with van der Waals surface area (Å²) in [6.07, 6.45) is 1.93. The Kier molecular flexibility index (Phi) is 7.59. The van der Waals surface area contributed by atoms with Gasteiger partial charge in [-0.25, -0.2) is 9.98 Å². The summed E-state index contributed by atoms with van der Waals surface area (Å²) in [6.45, 7) is 20.3. The van der Waals surface area contributed by atoms with E-state index in [4.69, 9.17) is 19.5 Å². The molecule has 1 aromatic heterocycles. The summed E-state index contributed by atoms with van der Waals surface area (Å²) < 4.78 is 13.9. The molecule has 0 N–H and O–H groups in total. The summed E-state index contributed by atoms with van der Waals surface area (Å²) in [4.78, 5) is 12.7. The summed E-state index contributed by atoms with van der Waals surface area (Å²) in [7, 11) is 0. The molecule has 0 saturated carbocycles. The number of hydrogen-bond donors (Lipinski definition) is 0. The number of aromatic nitrogens is 1. The van der Waals surface area contributed by atoms with E-state index in [1.165, 1.54) is 27.8 Å². The van der Waals surface area contributed by atoms with Crippen LogP contribution in [0.2, 0.25) is 0 Å². The minimum absolute atomic E-state index is 0.0263. The van der Waals surface area contributed by atoms with Crippen molar-refractivity contribution in [1.29, 1.82) is 0 Å². The molecule has 2 aliphatic heterocycles. The molecule has 6 aromatic rings. The Morgan fingerprint density at radius 2 is 1.24 bits per heavy atom. The van der Waals surface area contributed by atoms with E-state index in [1.54, 1.807) is 0 Å². The first kappa shape index (κ1) is 35.0.